The summed E-state index contributed by atoms with van der Waals surface area (Å²) < 4.78 is 11.4. The van der Waals surface area contributed by atoms with Crippen LogP contribution in [-0.2, 0) is 9.47 Å². The van der Waals surface area contributed by atoms with Gasteiger partial charge in [-0.25, -0.2) is 4.98 Å². The van der Waals surface area contributed by atoms with Gasteiger partial charge in [-0.15, -0.1) is 0 Å². The second-order valence-electron chi connectivity index (χ2n) is 5.08. The molecule has 2 aliphatic rings. The Hall–Kier alpha value is -1.66. The van der Waals surface area contributed by atoms with Gasteiger partial charge in [-0.3, -0.25) is 4.79 Å². The molecule has 1 aromatic heterocycles. The summed E-state index contributed by atoms with van der Waals surface area (Å²) in [6.07, 6.45) is 3.48. The molecule has 6 nitrogen and oxygen atoms in total. The number of amides is 1. The van der Waals surface area contributed by atoms with Crippen LogP contribution in [0.3, 0.4) is 0 Å². The van der Waals surface area contributed by atoms with E-state index in [-0.39, 0.29) is 11.7 Å². The molecule has 0 aromatic carbocycles. The lowest BCUT2D eigenvalue weighted by atomic mass is 10.0. The molecule has 2 saturated heterocycles. The maximum atomic E-state index is 11.5. The third-order valence-electron chi connectivity index (χ3n) is 3.91. The second kappa shape index (κ2) is 5.38. The zero-order valence-corrected chi connectivity index (χ0v) is 11.6. The van der Waals surface area contributed by atoms with Gasteiger partial charge in [0.1, 0.15) is 5.69 Å². The van der Waals surface area contributed by atoms with Crippen LogP contribution in [0.2, 0.25) is 0 Å². The van der Waals surface area contributed by atoms with Crippen LogP contribution in [0.5, 0.6) is 0 Å². The van der Waals surface area contributed by atoms with Crippen molar-refractivity contribution in [2.75, 3.05) is 38.3 Å². The lowest BCUT2D eigenvalue weighted by molar-refractivity contribution is -0.169. The number of piperidine rings is 1. The van der Waals surface area contributed by atoms with Gasteiger partial charge in [-0.1, -0.05) is 0 Å². The first-order valence-electron chi connectivity index (χ1n) is 6.93. The van der Waals surface area contributed by atoms with Gasteiger partial charge in [-0.2, -0.15) is 0 Å². The highest BCUT2D eigenvalue weighted by atomic mass is 16.7. The van der Waals surface area contributed by atoms with Crippen molar-refractivity contribution in [3.63, 3.8) is 0 Å². The minimum absolute atomic E-state index is 0.165. The van der Waals surface area contributed by atoms with Crippen LogP contribution in [0.15, 0.2) is 18.3 Å². The van der Waals surface area contributed by atoms with Crippen molar-refractivity contribution in [3.8, 4) is 0 Å². The van der Waals surface area contributed by atoms with Crippen LogP contribution in [-0.4, -0.2) is 50.0 Å². The molecule has 1 amide bonds. The molecule has 1 N–H and O–H groups in total. The molecule has 0 radical (unpaired) electrons. The number of nitrogens with zero attached hydrogens (tertiary/aromatic N) is 2. The van der Waals surface area contributed by atoms with Crippen molar-refractivity contribution in [2.24, 2.45) is 0 Å². The first-order chi connectivity index (χ1) is 9.72. The molecule has 0 saturated carbocycles. The Bertz CT molecular complexity index is 473. The molecule has 0 aliphatic carbocycles. The van der Waals surface area contributed by atoms with Crippen molar-refractivity contribution < 1.29 is 14.3 Å². The molecule has 3 heterocycles. The van der Waals surface area contributed by atoms with Crippen LogP contribution in [0.4, 0.5) is 5.69 Å². The number of nitrogens with one attached hydrogen (secondary N) is 1. The molecular formula is C14H19N3O3. The third kappa shape index (κ3) is 2.48. The van der Waals surface area contributed by atoms with E-state index < -0.39 is 0 Å². The Morgan fingerprint density at radius 3 is 2.55 bits per heavy atom. The van der Waals surface area contributed by atoms with Gasteiger partial charge in [0.05, 0.1) is 25.1 Å². The zero-order chi connectivity index (χ0) is 14.0. The number of ether oxygens (including phenoxy) is 2. The van der Waals surface area contributed by atoms with Crippen LogP contribution in [0.25, 0.3) is 0 Å². The predicted molar refractivity (Wildman–Crippen MR) is 73.7 cm³/mol. The van der Waals surface area contributed by atoms with Gasteiger partial charge in [0, 0.05) is 33.0 Å². The number of hydrogen-bond donors (Lipinski definition) is 1. The molecule has 1 spiro atoms. The Kier molecular flexibility index (Phi) is 3.58. The molecule has 108 valence electrons. The van der Waals surface area contributed by atoms with E-state index in [9.17, 15) is 4.79 Å². The summed E-state index contributed by atoms with van der Waals surface area (Å²) in [5.41, 5.74) is 1.47. The van der Waals surface area contributed by atoms with Gasteiger partial charge in [0.25, 0.3) is 5.91 Å². The second-order valence-corrected chi connectivity index (χ2v) is 5.08. The molecule has 0 bridgehead atoms. The minimum Gasteiger partial charge on any atom is -0.370 e. The first kappa shape index (κ1) is 13.3. The molecule has 3 rings (SSSR count). The Balaban J connectivity index is 1.64. The lowest BCUT2D eigenvalue weighted by Crippen LogP contribution is -2.45. The largest absolute Gasteiger partial charge is 0.370 e. The minimum atomic E-state index is -0.355. The number of carbonyl (C=O) groups excluding carboxylic acids is 1. The quantitative estimate of drug-likeness (QED) is 0.865. The smallest absolute Gasteiger partial charge is 0.269 e. The molecule has 1 aromatic rings. The summed E-state index contributed by atoms with van der Waals surface area (Å²) in [7, 11) is 1.60. The molecule has 2 aliphatic heterocycles. The summed E-state index contributed by atoms with van der Waals surface area (Å²) >= 11 is 0. The molecule has 6 heteroatoms. The summed E-state index contributed by atoms with van der Waals surface area (Å²) in [5, 5.41) is 2.57. The Morgan fingerprint density at radius 2 is 2.00 bits per heavy atom. The fourth-order valence-electron chi connectivity index (χ4n) is 2.73. The van der Waals surface area contributed by atoms with E-state index in [2.05, 4.69) is 15.2 Å². The lowest BCUT2D eigenvalue weighted by Gasteiger charge is -2.38. The van der Waals surface area contributed by atoms with Crippen LogP contribution < -0.4 is 10.2 Å². The van der Waals surface area contributed by atoms with Crippen molar-refractivity contribution in [3.05, 3.63) is 24.0 Å². The maximum Gasteiger partial charge on any atom is 0.269 e. The SMILES string of the molecule is CNC(=O)c1ccc(N2CCC3(CC2)OCCO3)cn1. The van der Waals surface area contributed by atoms with Gasteiger partial charge < -0.3 is 19.7 Å². The highest BCUT2D eigenvalue weighted by molar-refractivity contribution is 5.92. The van der Waals surface area contributed by atoms with Crippen molar-refractivity contribution in [1.29, 1.82) is 0 Å². The molecule has 20 heavy (non-hydrogen) atoms. The first-order valence-corrected chi connectivity index (χ1v) is 6.93. The number of hydrogen-bond acceptors (Lipinski definition) is 5. The number of carbonyl (C=O) groups is 1. The van der Waals surface area contributed by atoms with Crippen LogP contribution in [0, 0.1) is 0 Å². The fraction of sp³-hybridized carbons (Fsp3) is 0.571. The highest BCUT2D eigenvalue weighted by Crippen LogP contribution is 2.32. The van der Waals surface area contributed by atoms with Crippen molar-refractivity contribution in [2.45, 2.75) is 18.6 Å². The zero-order valence-electron chi connectivity index (χ0n) is 11.6. The van der Waals surface area contributed by atoms with Gasteiger partial charge in [-0.05, 0) is 12.1 Å². The molecule has 0 unspecified atom stereocenters. The summed E-state index contributed by atoms with van der Waals surface area (Å²) in [6.45, 7) is 3.15. The van der Waals surface area contributed by atoms with E-state index >= 15 is 0 Å². The van der Waals surface area contributed by atoms with Crippen LogP contribution in [0.1, 0.15) is 23.3 Å². The van der Waals surface area contributed by atoms with Crippen LogP contribution >= 0.6 is 0 Å². The monoisotopic (exact) mass is 277 g/mol. The van der Waals surface area contributed by atoms with E-state index in [1.165, 1.54) is 0 Å². The average Bonchev–Trinajstić information content (AvgIpc) is 2.96. The van der Waals surface area contributed by atoms with Gasteiger partial charge >= 0.3 is 0 Å². The number of rotatable bonds is 2. The predicted octanol–water partition coefficient (Wildman–Crippen LogP) is 0.784. The average molecular weight is 277 g/mol. The van der Waals surface area contributed by atoms with E-state index in [0.29, 0.717) is 18.9 Å². The summed E-state index contributed by atoms with van der Waals surface area (Å²) in [6, 6.07) is 3.69. The fourth-order valence-corrected chi connectivity index (χ4v) is 2.73. The maximum absolute atomic E-state index is 11.5. The van der Waals surface area contributed by atoms with Gasteiger partial charge in [0.15, 0.2) is 5.79 Å². The van der Waals surface area contributed by atoms with E-state index in [4.69, 9.17) is 9.47 Å². The topological polar surface area (TPSA) is 63.7 Å². The standard InChI is InChI=1S/C14H19N3O3/c1-15-13(18)12-3-2-11(10-16-12)17-6-4-14(5-7-17)19-8-9-20-14/h2-3,10H,4-9H2,1H3,(H,15,18). The van der Waals surface area contributed by atoms with E-state index in [1.807, 2.05) is 6.07 Å². The number of anilines is 1. The Morgan fingerprint density at radius 1 is 1.30 bits per heavy atom. The van der Waals surface area contributed by atoms with Crippen molar-refractivity contribution >= 4 is 11.6 Å². The van der Waals surface area contributed by atoms with Crippen molar-refractivity contribution in [1.82, 2.24) is 10.3 Å². The number of pyridine rings is 1. The van der Waals surface area contributed by atoms with E-state index in [0.717, 1.165) is 31.6 Å². The summed E-state index contributed by atoms with van der Waals surface area (Å²) in [5.74, 6) is -0.520. The molecule has 2 fully saturated rings. The molecule has 0 atom stereocenters. The summed E-state index contributed by atoms with van der Waals surface area (Å²) in [4.78, 5) is 17.9. The Labute approximate surface area is 118 Å². The van der Waals surface area contributed by atoms with Gasteiger partial charge in [0.2, 0.25) is 0 Å². The van der Waals surface area contributed by atoms with E-state index in [1.54, 1.807) is 19.3 Å². The number of aromatic nitrogens is 1. The molecular weight excluding hydrogens is 258 g/mol. The normalized spacial score (nSPS) is 21.1. The third-order valence-corrected chi connectivity index (χ3v) is 3.91. The highest BCUT2D eigenvalue weighted by Gasteiger charge is 2.39.